The lowest BCUT2D eigenvalue weighted by molar-refractivity contribution is 0.150. The average molecular weight is 369 g/mol. The standard InChI is InChI=1S/C6H4ClF2IN2O2S/c7-2-1-3(15(11,13)14)12-6(10)4(2)5(8)9/h1,5H,(H2,11,13,14). The first-order valence-electron chi connectivity index (χ1n) is 3.40. The van der Waals surface area contributed by atoms with Gasteiger partial charge in [-0.25, -0.2) is 27.3 Å². The molecular weight excluding hydrogens is 364 g/mol. The van der Waals surface area contributed by atoms with Crippen LogP contribution in [0.5, 0.6) is 0 Å². The van der Waals surface area contributed by atoms with Gasteiger partial charge in [0.05, 0.1) is 10.6 Å². The van der Waals surface area contributed by atoms with E-state index in [1.807, 2.05) is 0 Å². The van der Waals surface area contributed by atoms with Crippen molar-refractivity contribution >= 4 is 44.2 Å². The molecule has 0 aliphatic carbocycles. The number of alkyl halides is 2. The van der Waals surface area contributed by atoms with Crippen LogP contribution in [0, 0.1) is 3.70 Å². The van der Waals surface area contributed by atoms with Gasteiger partial charge in [0, 0.05) is 0 Å². The molecule has 0 aromatic carbocycles. The van der Waals surface area contributed by atoms with Crippen LogP contribution < -0.4 is 5.14 Å². The fourth-order valence-electron chi connectivity index (χ4n) is 0.814. The Hall–Kier alpha value is -0.0600. The molecule has 4 nitrogen and oxygen atoms in total. The van der Waals surface area contributed by atoms with E-state index >= 15 is 0 Å². The molecule has 1 aromatic rings. The first-order valence-corrected chi connectivity index (χ1v) is 6.40. The number of pyridine rings is 1. The molecule has 0 fully saturated rings. The van der Waals surface area contributed by atoms with Crippen LogP contribution in [0.1, 0.15) is 12.0 Å². The Morgan fingerprint density at radius 2 is 2.07 bits per heavy atom. The Morgan fingerprint density at radius 3 is 2.40 bits per heavy atom. The van der Waals surface area contributed by atoms with E-state index in [0.717, 1.165) is 6.07 Å². The predicted molar refractivity (Wildman–Crippen MR) is 58.3 cm³/mol. The van der Waals surface area contributed by atoms with Crippen molar-refractivity contribution in [1.82, 2.24) is 4.98 Å². The third-order valence-corrected chi connectivity index (χ3v) is 3.38. The fraction of sp³-hybridized carbons (Fsp3) is 0.167. The molecule has 2 N–H and O–H groups in total. The van der Waals surface area contributed by atoms with E-state index in [4.69, 9.17) is 16.7 Å². The van der Waals surface area contributed by atoms with Crippen molar-refractivity contribution < 1.29 is 17.2 Å². The second-order valence-electron chi connectivity index (χ2n) is 2.49. The summed E-state index contributed by atoms with van der Waals surface area (Å²) in [5.41, 5.74) is -0.496. The number of sulfonamides is 1. The molecule has 0 unspecified atom stereocenters. The van der Waals surface area contributed by atoms with Crippen LogP contribution in [0.15, 0.2) is 11.1 Å². The molecule has 0 aliphatic heterocycles. The smallest absolute Gasteiger partial charge is 0.228 e. The molecule has 1 heterocycles. The molecule has 0 spiro atoms. The summed E-state index contributed by atoms with van der Waals surface area (Å²) in [5.74, 6) is 0. The molecule has 0 bridgehead atoms. The minimum absolute atomic E-state index is 0.181. The van der Waals surface area contributed by atoms with E-state index in [1.54, 1.807) is 0 Å². The number of nitrogens with zero attached hydrogens (tertiary/aromatic N) is 1. The number of halogens is 4. The van der Waals surface area contributed by atoms with Crippen molar-refractivity contribution in [1.29, 1.82) is 0 Å². The monoisotopic (exact) mass is 368 g/mol. The van der Waals surface area contributed by atoms with Crippen LogP contribution in [0.3, 0.4) is 0 Å². The molecule has 1 rings (SSSR count). The van der Waals surface area contributed by atoms with E-state index < -0.39 is 27.0 Å². The summed E-state index contributed by atoms with van der Waals surface area (Å²) in [7, 11) is -4.04. The van der Waals surface area contributed by atoms with E-state index in [2.05, 4.69) is 4.98 Å². The molecule has 0 amide bonds. The average Bonchev–Trinajstić information content (AvgIpc) is 1.99. The van der Waals surface area contributed by atoms with Gasteiger partial charge in [-0.3, -0.25) is 0 Å². The maximum atomic E-state index is 12.4. The van der Waals surface area contributed by atoms with Gasteiger partial charge in [-0.2, -0.15) is 0 Å². The van der Waals surface area contributed by atoms with Crippen molar-refractivity contribution in [2.75, 3.05) is 0 Å². The minimum Gasteiger partial charge on any atom is -0.228 e. The Labute approximate surface area is 103 Å². The first kappa shape index (κ1) is 13.0. The Kier molecular flexibility index (Phi) is 3.85. The Morgan fingerprint density at radius 1 is 1.53 bits per heavy atom. The molecule has 15 heavy (non-hydrogen) atoms. The molecule has 84 valence electrons. The van der Waals surface area contributed by atoms with Gasteiger partial charge in [-0.1, -0.05) is 11.6 Å². The molecule has 0 atom stereocenters. The largest absolute Gasteiger partial charge is 0.267 e. The summed E-state index contributed by atoms with van der Waals surface area (Å²) in [6.07, 6.45) is -2.81. The van der Waals surface area contributed by atoms with Gasteiger partial charge >= 0.3 is 0 Å². The summed E-state index contributed by atoms with van der Waals surface area (Å²) in [6.45, 7) is 0. The van der Waals surface area contributed by atoms with Crippen molar-refractivity contribution in [2.24, 2.45) is 5.14 Å². The van der Waals surface area contributed by atoms with Gasteiger partial charge in [-0.05, 0) is 28.7 Å². The van der Waals surface area contributed by atoms with Gasteiger partial charge in [0.15, 0.2) is 5.03 Å². The lowest BCUT2D eigenvalue weighted by Gasteiger charge is -2.06. The van der Waals surface area contributed by atoms with Crippen molar-refractivity contribution in [3.8, 4) is 0 Å². The highest BCUT2D eigenvalue weighted by Gasteiger charge is 2.21. The number of aromatic nitrogens is 1. The lowest BCUT2D eigenvalue weighted by Crippen LogP contribution is -2.15. The third kappa shape index (κ3) is 2.95. The molecule has 0 aliphatic rings. The van der Waals surface area contributed by atoms with E-state index in [-0.39, 0.29) is 8.72 Å². The maximum Gasteiger partial charge on any atom is 0.267 e. The highest BCUT2D eigenvalue weighted by molar-refractivity contribution is 14.1. The number of nitrogens with two attached hydrogens (primary N) is 1. The Bertz CT molecular complexity index is 471. The summed E-state index contributed by atoms with van der Waals surface area (Å²) in [4.78, 5) is 3.44. The van der Waals surface area contributed by atoms with Crippen LogP contribution in [-0.2, 0) is 10.0 Å². The quantitative estimate of drug-likeness (QED) is 0.640. The molecule has 9 heteroatoms. The topological polar surface area (TPSA) is 73.1 Å². The number of rotatable bonds is 2. The molecule has 1 aromatic heterocycles. The van der Waals surface area contributed by atoms with E-state index in [9.17, 15) is 17.2 Å². The van der Waals surface area contributed by atoms with Gasteiger partial charge in [-0.15, -0.1) is 0 Å². The van der Waals surface area contributed by atoms with Gasteiger partial charge < -0.3 is 0 Å². The van der Waals surface area contributed by atoms with Gasteiger partial charge in [0.1, 0.15) is 3.70 Å². The van der Waals surface area contributed by atoms with Crippen molar-refractivity contribution in [2.45, 2.75) is 11.5 Å². The predicted octanol–water partition coefficient (Wildman–Crippen LogP) is 1.92. The highest BCUT2D eigenvalue weighted by atomic mass is 127. The zero-order valence-electron chi connectivity index (χ0n) is 6.92. The van der Waals surface area contributed by atoms with Crippen LogP contribution in [0.4, 0.5) is 8.78 Å². The van der Waals surface area contributed by atoms with Crippen LogP contribution in [0.2, 0.25) is 5.02 Å². The van der Waals surface area contributed by atoms with Crippen molar-refractivity contribution in [3.63, 3.8) is 0 Å². The minimum atomic E-state index is -4.04. The zero-order chi connectivity index (χ0) is 11.8. The van der Waals surface area contributed by atoms with Crippen LogP contribution in [0.25, 0.3) is 0 Å². The lowest BCUT2D eigenvalue weighted by atomic mass is 10.3. The Balaban J connectivity index is 3.45. The van der Waals surface area contributed by atoms with E-state index in [1.165, 1.54) is 22.6 Å². The van der Waals surface area contributed by atoms with Crippen LogP contribution in [-0.4, -0.2) is 13.4 Å². The normalized spacial score (nSPS) is 12.1. The number of hydrogen-bond acceptors (Lipinski definition) is 3. The zero-order valence-corrected chi connectivity index (χ0v) is 10.6. The second-order valence-corrected chi connectivity index (χ2v) is 5.43. The maximum absolute atomic E-state index is 12.4. The first-order chi connectivity index (χ1) is 6.73. The number of primary sulfonamides is 1. The molecule has 0 saturated heterocycles. The summed E-state index contributed by atoms with van der Waals surface area (Å²) >= 11 is 6.96. The highest BCUT2D eigenvalue weighted by Crippen LogP contribution is 2.31. The fourth-order valence-corrected chi connectivity index (χ4v) is 2.76. The SMILES string of the molecule is NS(=O)(=O)c1cc(Cl)c(C(F)F)c(I)n1. The van der Waals surface area contributed by atoms with Gasteiger partial charge in [0.25, 0.3) is 16.4 Å². The molecular formula is C6H4ClF2IN2O2S. The second kappa shape index (κ2) is 4.44. The van der Waals surface area contributed by atoms with Crippen molar-refractivity contribution in [3.05, 3.63) is 20.4 Å². The summed E-state index contributed by atoms with van der Waals surface area (Å²) in [5, 5.41) is 3.89. The van der Waals surface area contributed by atoms with Gasteiger partial charge in [0.2, 0.25) is 0 Å². The molecule has 0 saturated carbocycles. The molecule has 0 radical (unpaired) electrons. The van der Waals surface area contributed by atoms with Crippen LogP contribution >= 0.6 is 34.2 Å². The third-order valence-electron chi connectivity index (χ3n) is 1.45. The van der Waals surface area contributed by atoms with E-state index in [0.29, 0.717) is 0 Å². The summed E-state index contributed by atoms with van der Waals surface area (Å²) in [6, 6.07) is 0.806. The number of hydrogen-bond donors (Lipinski definition) is 1. The summed E-state index contributed by atoms with van der Waals surface area (Å²) < 4.78 is 46.4.